The highest BCUT2D eigenvalue weighted by molar-refractivity contribution is 6.31. The predicted molar refractivity (Wildman–Crippen MR) is 79.7 cm³/mol. The summed E-state index contributed by atoms with van der Waals surface area (Å²) in [5.74, 6) is 0.596. The largest absolute Gasteiger partial charge is 0.373 e. The number of rotatable bonds is 2. The standard InChI is InChI=1S/C15H15ClN4O/c1-3-10-11(8-17)13(16)19-14(12(10)18-2)20-6-4-15(9-20)5-7-21-15/h3-7,9H2,1H3. The van der Waals surface area contributed by atoms with E-state index in [4.69, 9.17) is 22.9 Å². The Bertz CT molecular complexity index is 670. The van der Waals surface area contributed by atoms with Gasteiger partial charge in [-0.25, -0.2) is 9.83 Å². The summed E-state index contributed by atoms with van der Waals surface area (Å²) in [6.07, 6.45) is 2.60. The van der Waals surface area contributed by atoms with Crippen molar-refractivity contribution in [2.24, 2.45) is 0 Å². The van der Waals surface area contributed by atoms with Crippen LogP contribution in [0, 0.1) is 17.9 Å². The smallest absolute Gasteiger partial charge is 0.232 e. The molecular formula is C15H15ClN4O. The van der Waals surface area contributed by atoms with Crippen molar-refractivity contribution in [3.8, 4) is 6.07 Å². The zero-order valence-electron chi connectivity index (χ0n) is 11.8. The van der Waals surface area contributed by atoms with Gasteiger partial charge in [-0.2, -0.15) is 5.26 Å². The van der Waals surface area contributed by atoms with E-state index in [1.807, 2.05) is 6.92 Å². The molecule has 1 unspecified atom stereocenters. The normalized spacial score (nSPS) is 23.7. The molecule has 21 heavy (non-hydrogen) atoms. The zero-order chi connectivity index (χ0) is 15.0. The van der Waals surface area contributed by atoms with Crippen molar-refractivity contribution in [1.29, 1.82) is 5.26 Å². The second-order valence-corrected chi connectivity index (χ2v) is 5.82. The Morgan fingerprint density at radius 2 is 2.33 bits per heavy atom. The highest BCUT2D eigenvalue weighted by atomic mass is 35.5. The maximum atomic E-state index is 9.23. The van der Waals surface area contributed by atoms with Crippen LogP contribution in [-0.2, 0) is 11.2 Å². The number of pyridine rings is 1. The molecule has 2 aliphatic rings. The third-order valence-corrected chi connectivity index (χ3v) is 4.64. The van der Waals surface area contributed by atoms with Crippen LogP contribution in [0.1, 0.15) is 30.9 Å². The molecule has 1 atom stereocenters. The molecule has 1 aromatic heterocycles. The van der Waals surface area contributed by atoms with Crippen molar-refractivity contribution in [1.82, 2.24) is 4.98 Å². The molecule has 1 spiro atoms. The van der Waals surface area contributed by atoms with Gasteiger partial charge in [-0.15, -0.1) is 0 Å². The van der Waals surface area contributed by atoms with Crippen molar-refractivity contribution in [2.75, 3.05) is 24.6 Å². The number of hydrogen-bond acceptors (Lipinski definition) is 4. The molecule has 108 valence electrons. The van der Waals surface area contributed by atoms with Crippen LogP contribution in [-0.4, -0.2) is 30.3 Å². The van der Waals surface area contributed by atoms with Gasteiger partial charge in [0.1, 0.15) is 17.0 Å². The number of hydrogen-bond donors (Lipinski definition) is 0. The third kappa shape index (κ3) is 2.14. The van der Waals surface area contributed by atoms with Gasteiger partial charge in [0.05, 0.1) is 24.3 Å². The van der Waals surface area contributed by atoms with Crippen LogP contribution >= 0.6 is 11.6 Å². The van der Waals surface area contributed by atoms with Crippen molar-refractivity contribution >= 4 is 23.1 Å². The minimum atomic E-state index is -0.0618. The summed E-state index contributed by atoms with van der Waals surface area (Å²) in [5, 5.41) is 9.41. The Labute approximate surface area is 128 Å². The van der Waals surface area contributed by atoms with E-state index in [1.54, 1.807) is 0 Å². The van der Waals surface area contributed by atoms with Gasteiger partial charge >= 0.3 is 0 Å². The molecule has 2 aliphatic heterocycles. The van der Waals surface area contributed by atoms with Crippen molar-refractivity contribution in [3.05, 3.63) is 27.7 Å². The zero-order valence-corrected chi connectivity index (χ0v) is 12.6. The first-order valence-corrected chi connectivity index (χ1v) is 7.41. The lowest BCUT2D eigenvalue weighted by molar-refractivity contribution is -0.130. The second kappa shape index (κ2) is 5.18. The lowest BCUT2D eigenvalue weighted by Crippen LogP contribution is -2.46. The summed E-state index contributed by atoms with van der Waals surface area (Å²) in [6.45, 7) is 11.8. The Balaban J connectivity index is 2.05. The molecule has 2 fully saturated rings. The number of anilines is 1. The molecule has 0 aromatic carbocycles. The highest BCUT2D eigenvalue weighted by Gasteiger charge is 2.45. The molecule has 3 heterocycles. The number of halogens is 1. The van der Waals surface area contributed by atoms with Crippen LogP contribution < -0.4 is 4.90 Å². The lowest BCUT2D eigenvalue weighted by atomic mass is 9.94. The first-order valence-electron chi connectivity index (χ1n) is 7.03. The molecule has 0 saturated carbocycles. The molecule has 3 rings (SSSR count). The first-order chi connectivity index (χ1) is 10.1. The van der Waals surface area contributed by atoms with Gasteiger partial charge in [0, 0.05) is 19.5 Å². The molecule has 0 N–H and O–H groups in total. The highest BCUT2D eigenvalue weighted by Crippen LogP contribution is 2.42. The Morgan fingerprint density at radius 3 is 2.81 bits per heavy atom. The van der Waals surface area contributed by atoms with Crippen LogP contribution in [0.2, 0.25) is 5.15 Å². The van der Waals surface area contributed by atoms with E-state index >= 15 is 0 Å². The van der Waals surface area contributed by atoms with E-state index < -0.39 is 0 Å². The molecule has 0 radical (unpaired) electrons. The average Bonchev–Trinajstić information content (AvgIpc) is 2.91. The maximum absolute atomic E-state index is 9.23. The fraction of sp³-hybridized carbons (Fsp3) is 0.533. The van der Waals surface area contributed by atoms with Crippen molar-refractivity contribution in [2.45, 2.75) is 31.8 Å². The van der Waals surface area contributed by atoms with Crippen LogP contribution in [0.15, 0.2) is 0 Å². The summed E-state index contributed by atoms with van der Waals surface area (Å²) in [6, 6.07) is 2.06. The van der Waals surface area contributed by atoms with Crippen LogP contribution in [0.3, 0.4) is 0 Å². The summed E-state index contributed by atoms with van der Waals surface area (Å²) < 4.78 is 5.70. The molecule has 1 aromatic rings. The molecule has 6 heteroatoms. The summed E-state index contributed by atoms with van der Waals surface area (Å²) in [7, 11) is 0. The minimum Gasteiger partial charge on any atom is -0.373 e. The van der Waals surface area contributed by atoms with Crippen molar-refractivity contribution in [3.63, 3.8) is 0 Å². The fourth-order valence-corrected chi connectivity index (χ4v) is 3.35. The van der Waals surface area contributed by atoms with Gasteiger partial charge in [0.15, 0.2) is 0 Å². The molecule has 0 bridgehead atoms. The van der Waals surface area contributed by atoms with E-state index in [0.717, 1.165) is 32.5 Å². The first kappa shape index (κ1) is 14.1. The van der Waals surface area contributed by atoms with Crippen LogP contribution in [0.4, 0.5) is 11.5 Å². The summed E-state index contributed by atoms with van der Waals surface area (Å²) >= 11 is 6.15. The molecule has 5 nitrogen and oxygen atoms in total. The van der Waals surface area contributed by atoms with E-state index in [-0.39, 0.29) is 10.8 Å². The molecule has 0 amide bonds. The molecule has 0 aliphatic carbocycles. The van der Waals surface area contributed by atoms with E-state index in [2.05, 4.69) is 20.8 Å². The maximum Gasteiger partial charge on any atom is 0.232 e. The van der Waals surface area contributed by atoms with Gasteiger partial charge in [0.2, 0.25) is 5.69 Å². The number of nitriles is 1. The SMILES string of the molecule is [C-]#[N+]c1c(N2CCC3(CCO3)C2)nc(Cl)c(C#N)c1CC. The van der Waals surface area contributed by atoms with Crippen LogP contribution in [0.5, 0.6) is 0 Å². The number of nitrogens with zero attached hydrogens (tertiary/aromatic N) is 4. The average molecular weight is 303 g/mol. The summed E-state index contributed by atoms with van der Waals surface area (Å²) in [5.41, 5.74) is 1.41. The van der Waals surface area contributed by atoms with Crippen LogP contribution in [0.25, 0.3) is 4.85 Å². The van der Waals surface area contributed by atoms with Crippen molar-refractivity contribution < 1.29 is 4.74 Å². The van der Waals surface area contributed by atoms with E-state index in [0.29, 0.717) is 29.1 Å². The van der Waals surface area contributed by atoms with Gasteiger partial charge < -0.3 is 9.64 Å². The molecular weight excluding hydrogens is 288 g/mol. The topological polar surface area (TPSA) is 53.5 Å². The van der Waals surface area contributed by atoms with Gasteiger partial charge in [0.25, 0.3) is 0 Å². The second-order valence-electron chi connectivity index (χ2n) is 5.46. The molecule has 2 saturated heterocycles. The number of aromatic nitrogens is 1. The van der Waals surface area contributed by atoms with E-state index in [9.17, 15) is 5.26 Å². The monoisotopic (exact) mass is 302 g/mol. The van der Waals surface area contributed by atoms with Gasteiger partial charge in [-0.3, -0.25) is 0 Å². The quantitative estimate of drug-likeness (QED) is 0.622. The Morgan fingerprint density at radius 1 is 1.57 bits per heavy atom. The van der Waals surface area contributed by atoms with E-state index in [1.165, 1.54) is 0 Å². The third-order valence-electron chi connectivity index (χ3n) is 4.37. The van der Waals surface area contributed by atoms with Gasteiger partial charge in [-0.05, 0) is 18.4 Å². The fourth-order valence-electron chi connectivity index (χ4n) is 3.11. The summed E-state index contributed by atoms with van der Waals surface area (Å²) in [4.78, 5) is 10.0. The Hall–Kier alpha value is -1.82. The minimum absolute atomic E-state index is 0.0618. The lowest BCUT2D eigenvalue weighted by Gasteiger charge is -2.38. The predicted octanol–water partition coefficient (Wildman–Crippen LogP) is 3.09. The number of ether oxygens (including phenoxy) is 1. The Kier molecular flexibility index (Phi) is 3.49. The van der Waals surface area contributed by atoms with Gasteiger partial charge in [-0.1, -0.05) is 18.5 Å².